The predicted octanol–water partition coefficient (Wildman–Crippen LogP) is 13.0. The van der Waals surface area contributed by atoms with Crippen molar-refractivity contribution in [2.75, 3.05) is 0 Å². The molecule has 2 heteroatoms. The van der Waals surface area contributed by atoms with Crippen molar-refractivity contribution in [3.05, 3.63) is 170 Å². The molecule has 0 aliphatic rings. The first-order chi connectivity index (χ1) is 24.8. The molecule has 0 saturated heterocycles. The van der Waals surface area contributed by atoms with E-state index in [1.54, 1.807) is 0 Å². The predicted molar refractivity (Wildman–Crippen MR) is 213 cm³/mol. The second-order valence-electron chi connectivity index (χ2n) is 13.3. The Morgan fingerprint density at radius 1 is 0.280 bits per heavy atom. The summed E-state index contributed by atoms with van der Waals surface area (Å²) >= 11 is 0. The van der Waals surface area contributed by atoms with Gasteiger partial charge in [-0.1, -0.05) is 127 Å². The Kier molecular flexibility index (Phi) is 5.70. The fourth-order valence-corrected chi connectivity index (χ4v) is 8.53. The van der Waals surface area contributed by atoms with Gasteiger partial charge in [0.2, 0.25) is 0 Å². The van der Waals surface area contributed by atoms with E-state index in [1.807, 2.05) is 24.5 Å². The minimum atomic E-state index is 0.932. The van der Waals surface area contributed by atoms with Gasteiger partial charge in [-0.05, 0) is 117 Å². The Morgan fingerprint density at radius 3 is 1.60 bits per heavy atom. The molecule has 0 atom stereocenters. The number of aromatic nitrogens is 2. The second-order valence-corrected chi connectivity index (χ2v) is 13.3. The number of hydrogen-bond donors (Lipinski definition) is 0. The highest BCUT2D eigenvalue weighted by molar-refractivity contribution is 6.33. The van der Waals surface area contributed by atoms with Crippen LogP contribution in [0.1, 0.15) is 0 Å². The highest BCUT2D eigenvalue weighted by Crippen LogP contribution is 2.44. The van der Waals surface area contributed by atoms with Gasteiger partial charge in [-0.15, -0.1) is 0 Å². The van der Waals surface area contributed by atoms with Gasteiger partial charge >= 0.3 is 0 Å². The molecule has 0 unspecified atom stereocenters. The molecule has 0 bridgehead atoms. The number of rotatable bonds is 2. The minimum Gasteiger partial charge on any atom is -0.254 e. The third-order valence-corrected chi connectivity index (χ3v) is 10.7. The van der Waals surface area contributed by atoms with Gasteiger partial charge in [-0.25, -0.2) is 0 Å². The van der Waals surface area contributed by atoms with Crippen LogP contribution >= 0.6 is 0 Å². The first-order valence-corrected chi connectivity index (χ1v) is 17.2. The zero-order valence-corrected chi connectivity index (χ0v) is 27.1. The molecule has 0 N–H and O–H groups in total. The van der Waals surface area contributed by atoms with E-state index in [9.17, 15) is 0 Å². The maximum atomic E-state index is 4.80. The molecule has 0 aliphatic carbocycles. The molecule has 0 aliphatic heterocycles. The van der Waals surface area contributed by atoms with E-state index >= 15 is 0 Å². The lowest BCUT2D eigenvalue weighted by Crippen LogP contribution is -1.91. The summed E-state index contributed by atoms with van der Waals surface area (Å²) in [6.45, 7) is 0. The summed E-state index contributed by atoms with van der Waals surface area (Å²) < 4.78 is 0. The summed E-state index contributed by atoms with van der Waals surface area (Å²) in [7, 11) is 0. The number of hydrogen-bond acceptors (Lipinski definition) is 2. The molecule has 2 aromatic heterocycles. The van der Waals surface area contributed by atoms with E-state index in [0.29, 0.717) is 0 Å². The Bertz CT molecular complexity index is 3210. The molecule has 9 aromatic carbocycles. The molecule has 50 heavy (non-hydrogen) atoms. The van der Waals surface area contributed by atoms with Crippen LogP contribution in [0.5, 0.6) is 0 Å². The highest BCUT2D eigenvalue weighted by atomic mass is 14.7. The average Bonchev–Trinajstić information content (AvgIpc) is 3.19. The molecule has 0 saturated carbocycles. The second kappa shape index (κ2) is 10.4. The Morgan fingerprint density at radius 2 is 0.820 bits per heavy atom. The van der Waals surface area contributed by atoms with Crippen LogP contribution < -0.4 is 0 Å². The largest absolute Gasteiger partial charge is 0.254 e. The van der Waals surface area contributed by atoms with Crippen molar-refractivity contribution in [1.29, 1.82) is 0 Å². The number of nitrogens with zero attached hydrogens (tertiary/aromatic N) is 2. The molecule has 2 nitrogen and oxygen atoms in total. The monoisotopic (exact) mass is 632 g/mol. The highest BCUT2D eigenvalue weighted by Gasteiger charge is 2.17. The van der Waals surface area contributed by atoms with Gasteiger partial charge in [0, 0.05) is 23.2 Å². The first-order valence-electron chi connectivity index (χ1n) is 17.2. The van der Waals surface area contributed by atoms with Crippen LogP contribution in [0.25, 0.3) is 109 Å². The smallest absolute Gasteiger partial charge is 0.0970 e. The lowest BCUT2D eigenvalue weighted by atomic mass is 9.86. The molecule has 230 valence electrons. The maximum Gasteiger partial charge on any atom is 0.0970 e. The van der Waals surface area contributed by atoms with E-state index < -0.39 is 0 Å². The van der Waals surface area contributed by atoms with E-state index in [2.05, 4.69) is 146 Å². The molecule has 0 fully saturated rings. The van der Waals surface area contributed by atoms with Crippen LogP contribution in [0.3, 0.4) is 0 Å². The van der Waals surface area contributed by atoms with Crippen LogP contribution in [0, 0.1) is 0 Å². The fraction of sp³-hybridized carbons (Fsp3) is 0. The van der Waals surface area contributed by atoms with Gasteiger partial charge in [0.15, 0.2) is 0 Å². The van der Waals surface area contributed by atoms with Crippen LogP contribution in [-0.4, -0.2) is 9.97 Å². The molecule has 0 amide bonds. The molecule has 11 rings (SSSR count). The Hall–Kier alpha value is -6.64. The quantitative estimate of drug-likeness (QED) is 0.177. The number of pyridine rings is 2. The Balaban J connectivity index is 1.26. The standard InChI is InChI=1S/C48H28N2/c1-2-13-35-34(12-1)33(22-23-40(35)43-27-31-11-8-24-49-47(31)48-42(43)19-9-25-50-48)32-26-30-21-20-29-10-7-18-41-38-16-5-3-14-36(38)37-15-4-6-17-39(37)44(28-32)46(30)45(29)41/h1-28H. The van der Waals surface area contributed by atoms with Gasteiger partial charge in [0.25, 0.3) is 0 Å². The lowest BCUT2D eigenvalue weighted by molar-refractivity contribution is 1.37. The fourth-order valence-electron chi connectivity index (χ4n) is 8.53. The summed E-state index contributed by atoms with van der Waals surface area (Å²) in [5.74, 6) is 0. The van der Waals surface area contributed by atoms with Crippen LogP contribution in [-0.2, 0) is 0 Å². The van der Waals surface area contributed by atoms with Crippen LogP contribution in [0.4, 0.5) is 0 Å². The van der Waals surface area contributed by atoms with E-state index in [0.717, 1.165) is 21.8 Å². The van der Waals surface area contributed by atoms with Gasteiger partial charge in [0.1, 0.15) is 0 Å². The van der Waals surface area contributed by atoms with Crippen molar-refractivity contribution in [3.8, 4) is 22.3 Å². The summed E-state index contributed by atoms with van der Waals surface area (Å²) in [4.78, 5) is 9.50. The summed E-state index contributed by atoms with van der Waals surface area (Å²) in [6.07, 6.45) is 3.71. The molecule has 2 heterocycles. The summed E-state index contributed by atoms with van der Waals surface area (Å²) in [6, 6.07) is 58.0. The lowest BCUT2D eigenvalue weighted by Gasteiger charge is -2.17. The normalized spacial score (nSPS) is 12.0. The van der Waals surface area contributed by atoms with Crippen LogP contribution in [0.15, 0.2) is 170 Å². The van der Waals surface area contributed by atoms with Gasteiger partial charge in [0.05, 0.1) is 11.0 Å². The van der Waals surface area contributed by atoms with Crippen molar-refractivity contribution in [3.63, 3.8) is 0 Å². The zero-order chi connectivity index (χ0) is 32.8. The first kappa shape index (κ1) is 27.3. The van der Waals surface area contributed by atoms with Crippen molar-refractivity contribution in [2.45, 2.75) is 0 Å². The molecular weight excluding hydrogens is 605 g/mol. The van der Waals surface area contributed by atoms with Gasteiger partial charge in [-0.3, -0.25) is 9.97 Å². The summed E-state index contributed by atoms with van der Waals surface area (Å²) in [5, 5.41) is 17.4. The number of benzene rings is 8. The van der Waals surface area contributed by atoms with E-state index in [-0.39, 0.29) is 0 Å². The van der Waals surface area contributed by atoms with E-state index in [4.69, 9.17) is 9.97 Å². The third kappa shape index (κ3) is 3.85. The van der Waals surface area contributed by atoms with E-state index in [1.165, 1.54) is 86.9 Å². The average molecular weight is 633 g/mol. The minimum absolute atomic E-state index is 0.932. The van der Waals surface area contributed by atoms with Crippen molar-refractivity contribution >= 4 is 86.4 Å². The molecule has 11 aromatic rings. The van der Waals surface area contributed by atoms with Crippen molar-refractivity contribution in [1.82, 2.24) is 9.97 Å². The van der Waals surface area contributed by atoms with Gasteiger partial charge in [-0.2, -0.15) is 0 Å². The van der Waals surface area contributed by atoms with Gasteiger partial charge < -0.3 is 0 Å². The van der Waals surface area contributed by atoms with Crippen molar-refractivity contribution in [2.24, 2.45) is 0 Å². The SMILES string of the molecule is c1cnc2c(c1)cc(-c1ccc(-c3cc4ccc5cccc6c7ccccc7c7ccccc7c(c3)c4c56)c3ccccc13)c1cccnc12. The summed E-state index contributed by atoms with van der Waals surface area (Å²) in [5.41, 5.74) is 6.67. The zero-order valence-electron chi connectivity index (χ0n) is 27.1. The molecular formula is C48H28N2. The maximum absolute atomic E-state index is 4.80. The third-order valence-electron chi connectivity index (χ3n) is 10.7. The molecule has 0 radical (unpaired) electrons. The Labute approximate surface area is 287 Å². The number of fused-ring (bicyclic) bond motifs is 9. The van der Waals surface area contributed by atoms with Crippen molar-refractivity contribution < 1.29 is 0 Å². The van der Waals surface area contributed by atoms with Crippen LogP contribution in [0.2, 0.25) is 0 Å². The topological polar surface area (TPSA) is 25.8 Å². The molecule has 0 spiro atoms.